The van der Waals surface area contributed by atoms with Crippen LogP contribution in [0, 0.1) is 0 Å². The second kappa shape index (κ2) is 5.90. The van der Waals surface area contributed by atoms with Crippen molar-refractivity contribution in [2.24, 2.45) is 0 Å². The molecule has 1 heteroatoms. The van der Waals surface area contributed by atoms with Gasteiger partial charge in [0, 0.05) is 0 Å². The average molecular weight is 152 g/mol. The van der Waals surface area contributed by atoms with E-state index in [1.54, 1.807) is 0 Å². The Balaban J connectivity index is 3.52. The van der Waals surface area contributed by atoms with Crippen molar-refractivity contribution in [1.82, 2.24) is 0 Å². The predicted molar refractivity (Wildman–Crippen MR) is 48.5 cm³/mol. The summed E-state index contributed by atoms with van der Waals surface area (Å²) < 4.78 is 0. The first kappa shape index (κ1) is 10.2. The number of unbranched alkanes of at least 4 members (excludes halogenated alkanes) is 2. The van der Waals surface area contributed by atoms with E-state index in [9.17, 15) is 4.79 Å². The zero-order valence-corrected chi connectivity index (χ0v) is 7.23. The summed E-state index contributed by atoms with van der Waals surface area (Å²) in [5.74, 6) is -0.0129. The number of hydrogen-bond donors (Lipinski definition) is 0. The standard InChI is InChI=1S/C10H16O/c1-4-6-7-8-9(3)10(11)5-2/h5H,2-4,6-8H2,1H3. The molecule has 0 aliphatic carbocycles. The summed E-state index contributed by atoms with van der Waals surface area (Å²) in [6.07, 6.45) is 5.56. The van der Waals surface area contributed by atoms with Gasteiger partial charge in [-0.25, -0.2) is 0 Å². The molecule has 0 amide bonds. The first-order valence-corrected chi connectivity index (χ1v) is 4.07. The monoisotopic (exact) mass is 152 g/mol. The largest absolute Gasteiger partial charge is 0.290 e. The lowest BCUT2D eigenvalue weighted by Gasteiger charge is -1.99. The molecular formula is C10H16O. The molecule has 0 fully saturated rings. The van der Waals surface area contributed by atoms with Crippen LogP contribution in [0.2, 0.25) is 0 Å². The molecule has 0 unspecified atom stereocenters. The molecule has 0 bridgehead atoms. The van der Waals surface area contributed by atoms with Crippen LogP contribution in [0.15, 0.2) is 24.8 Å². The molecule has 0 rings (SSSR count). The summed E-state index contributed by atoms with van der Waals surface area (Å²) in [6.45, 7) is 9.21. The van der Waals surface area contributed by atoms with Crippen molar-refractivity contribution in [3.05, 3.63) is 24.8 Å². The third-order valence-corrected chi connectivity index (χ3v) is 1.62. The number of allylic oxidation sites excluding steroid dienone is 2. The van der Waals surface area contributed by atoms with Crippen LogP contribution in [0.25, 0.3) is 0 Å². The van der Waals surface area contributed by atoms with Gasteiger partial charge in [-0.05, 0) is 24.5 Å². The maximum Gasteiger partial charge on any atom is 0.180 e. The van der Waals surface area contributed by atoms with Crippen LogP contribution in [0.4, 0.5) is 0 Å². The molecule has 0 saturated heterocycles. The maximum atomic E-state index is 10.9. The molecule has 11 heavy (non-hydrogen) atoms. The second-order valence-corrected chi connectivity index (χ2v) is 2.63. The van der Waals surface area contributed by atoms with Crippen LogP contribution < -0.4 is 0 Å². The Kier molecular flexibility index (Phi) is 5.44. The van der Waals surface area contributed by atoms with E-state index in [0.29, 0.717) is 5.57 Å². The highest BCUT2D eigenvalue weighted by molar-refractivity contribution is 6.02. The van der Waals surface area contributed by atoms with Crippen LogP contribution in [0.1, 0.15) is 32.6 Å². The molecular weight excluding hydrogens is 136 g/mol. The van der Waals surface area contributed by atoms with E-state index in [1.807, 2.05) is 0 Å². The van der Waals surface area contributed by atoms with Gasteiger partial charge in [-0.15, -0.1) is 0 Å². The highest BCUT2D eigenvalue weighted by atomic mass is 16.1. The van der Waals surface area contributed by atoms with Crippen molar-refractivity contribution in [3.63, 3.8) is 0 Å². The summed E-state index contributed by atoms with van der Waals surface area (Å²) in [6, 6.07) is 0. The fourth-order valence-electron chi connectivity index (χ4n) is 0.856. The molecule has 0 saturated carbocycles. The van der Waals surface area contributed by atoms with Crippen molar-refractivity contribution in [1.29, 1.82) is 0 Å². The number of hydrogen-bond acceptors (Lipinski definition) is 1. The fraction of sp³-hybridized carbons (Fsp3) is 0.500. The van der Waals surface area contributed by atoms with Gasteiger partial charge in [-0.2, -0.15) is 0 Å². The Bertz CT molecular complexity index is 156. The third kappa shape index (κ3) is 4.54. The van der Waals surface area contributed by atoms with Crippen molar-refractivity contribution in [2.75, 3.05) is 0 Å². The summed E-state index contributed by atoms with van der Waals surface area (Å²) in [5.41, 5.74) is 0.688. The lowest BCUT2D eigenvalue weighted by Crippen LogP contribution is -1.95. The van der Waals surface area contributed by atoms with Gasteiger partial charge in [-0.1, -0.05) is 32.9 Å². The number of carbonyl (C=O) groups excluding carboxylic acids is 1. The zero-order valence-electron chi connectivity index (χ0n) is 7.23. The Hall–Kier alpha value is -0.850. The topological polar surface area (TPSA) is 17.1 Å². The van der Waals surface area contributed by atoms with Crippen LogP contribution in [0.3, 0.4) is 0 Å². The minimum absolute atomic E-state index is 0.0129. The summed E-state index contributed by atoms with van der Waals surface area (Å²) in [7, 11) is 0. The van der Waals surface area contributed by atoms with Crippen molar-refractivity contribution < 1.29 is 4.79 Å². The Morgan fingerprint density at radius 2 is 2.09 bits per heavy atom. The summed E-state index contributed by atoms with van der Waals surface area (Å²) in [5, 5.41) is 0. The van der Waals surface area contributed by atoms with E-state index >= 15 is 0 Å². The van der Waals surface area contributed by atoms with E-state index in [-0.39, 0.29) is 5.78 Å². The fourth-order valence-corrected chi connectivity index (χ4v) is 0.856. The average Bonchev–Trinajstić information content (AvgIpc) is 2.03. The molecule has 0 N–H and O–H groups in total. The van der Waals surface area contributed by atoms with Crippen LogP contribution in [-0.2, 0) is 4.79 Å². The maximum absolute atomic E-state index is 10.9. The van der Waals surface area contributed by atoms with Gasteiger partial charge in [0.2, 0.25) is 0 Å². The van der Waals surface area contributed by atoms with E-state index in [0.717, 1.165) is 12.8 Å². The minimum atomic E-state index is -0.0129. The van der Waals surface area contributed by atoms with Crippen LogP contribution in [-0.4, -0.2) is 5.78 Å². The van der Waals surface area contributed by atoms with E-state index in [1.165, 1.54) is 18.9 Å². The Morgan fingerprint density at radius 1 is 1.45 bits per heavy atom. The van der Waals surface area contributed by atoms with E-state index in [2.05, 4.69) is 20.1 Å². The van der Waals surface area contributed by atoms with Gasteiger partial charge in [0.25, 0.3) is 0 Å². The van der Waals surface area contributed by atoms with Crippen molar-refractivity contribution in [3.8, 4) is 0 Å². The highest BCUT2D eigenvalue weighted by Gasteiger charge is 2.00. The zero-order chi connectivity index (χ0) is 8.69. The second-order valence-electron chi connectivity index (χ2n) is 2.63. The minimum Gasteiger partial charge on any atom is -0.290 e. The normalized spacial score (nSPS) is 9.18. The van der Waals surface area contributed by atoms with Gasteiger partial charge >= 0.3 is 0 Å². The van der Waals surface area contributed by atoms with E-state index in [4.69, 9.17) is 0 Å². The Morgan fingerprint density at radius 3 is 2.55 bits per heavy atom. The van der Waals surface area contributed by atoms with Gasteiger partial charge in [0.15, 0.2) is 5.78 Å². The first-order valence-electron chi connectivity index (χ1n) is 4.07. The lowest BCUT2D eigenvalue weighted by atomic mass is 10.1. The first-order chi connectivity index (χ1) is 5.22. The Labute approximate surface area is 68.8 Å². The molecule has 1 nitrogen and oxygen atoms in total. The molecule has 62 valence electrons. The molecule has 0 aromatic rings. The summed E-state index contributed by atoms with van der Waals surface area (Å²) in [4.78, 5) is 10.9. The van der Waals surface area contributed by atoms with Crippen LogP contribution >= 0.6 is 0 Å². The predicted octanol–water partition coefficient (Wildman–Crippen LogP) is 2.88. The molecule has 0 aliphatic heterocycles. The lowest BCUT2D eigenvalue weighted by molar-refractivity contribution is -0.111. The quantitative estimate of drug-likeness (QED) is 0.422. The SMILES string of the molecule is C=CC(=O)C(=C)CCCCC. The van der Waals surface area contributed by atoms with Crippen LogP contribution in [0.5, 0.6) is 0 Å². The highest BCUT2D eigenvalue weighted by Crippen LogP contribution is 2.07. The molecule has 0 atom stereocenters. The van der Waals surface area contributed by atoms with Crippen molar-refractivity contribution >= 4 is 5.78 Å². The molecule has 0 aromatic carbocycles. The van der Waals surface area contributed by atoms with Gasteiger partial charge in [0.05, 0.1) is 0 Å². The number of ketones is 1. The molecule has 0 aliphatic rings. The summed E-state index contributed by atoms with van der Waals surface area (Å²) >= 11 is 0. The van der Waals surface area contributed by atoms with E-state index < -0.39 is 0 Å². The van der Waals surface area contributed by atoms with Gasteiger partial charge in [0.1, 0.15) is 0 Å². The van der Waals surface area contributed by atoms with Crippen molar-refractivity contribution in [2.45, 2.75) is 32.6 Å². The smallest absolute Gasteiger partial charge is 0.180 e. The third-order valence-electron chi connectivity index (χ3n) is 1.62. The molecule has 0 aromatic heterocycles. The number of carbonyl (C=O) groups is 1. The molecule has 0 spiro atoms. The number of rotatable bonds is 6. The van der Waals surface area contributed by atoms with Gasteiger partial charge < -0.3 is 0 Å². The molecule has 0 heterocycles. The van der Waals surface area contributed by atoms with Gasteiger partial charge in [-0.3, -0.25) is 4.79 Å². The molecule has 0 radical (unpaired) electrons.